The predicted octanol–water partition coefficient (Wildman–Crippen LogP) is 3.64. The van der Waals surface area contributed by atoms with E-state index >= 15 is 0 Å². The fourth-order valence-corrected chi connectivity index (χ4v) is 2.55. The van der Waals surface area contributed by atoms with Crippen LogP contribution < -0.4 is 0 Å². The van der Waals surface area contributed by atoms with Crippen LogP contribution in [0.1, 0.15) is 50.7 Å². The molecule has 0 radical (unpaired) electrons. The number of aryl methyl sites for hydroxylation is 1. The number of carbonyl (C=O) groups is 2. The third-order valence-electron chi connectivity index (χ3n) is 3.55. The number of rotatable bonds is 1. The smallest absolute Gasteiger partial charge is 0.417 e. The van der Waals surface area contributed by atoms with E-state index < -0.39 is 11.7 Å². The number of hydrogen-bond donors (Lipinski definition) is 0. The van der Waals surface area contributed by atoms with Crippen LogP contribution in [-0.4, -0.2) is 29.0 Å². The number of ether oxygens (including phenoxy) is 1. The molecule has 1 fully saturated rings. The van der Waals surface area contributed by atoms with Crippen LogP contribution in [0.3, 0.4) is 0 Å². The molecule has 0 unspecified atom stereocenters. The maximum atomic E-state index is 12.2. The maximum Gasteiger partial charge on any atom is 0.417 e. The highest BCUT2D eigenvalue weighted by molar-refractivity contribution is 5.93. The molecule has 1 atom stereocenters. The molecule has 1 aromatic rings. The molecule has 2 rings (SSSR count). The summed E-state index contributed by atoms with van der Waals surface area (Å²) < 4.78 is 5.27. The Bertz CT molecular complexity index is 545. The summed E-state index contributed by atoms with van der Waals surface area (Å²) in [5.74, 6) is 0.0399. The van der Waals surface area contributed by atoms with Gasteiger partial charge in [0.15, 0.2) is 0 Å². The molecule has 0 spiro atoms. The lowest BCUT2D eigenvalue weighted by molar-refractivity contribution is -0.132. The third-order valence-corrected chi connectivity index (χ3v) is 3.55. The Hall–Kier alpha value is -1.84. The minimum Gasteiger partial charge on any atom is -0.443 e. The molecule has 4 heteroatoms. The summed E-state index contributed by atoms with van der Waals surface area (Å²) in [5, 5.41) is 0. The molecule has 2 amide bonds. The Morgan fingerprint density at radius 1 is 1.33 bits per heavy atom. The van der Waals surface area contributed by atoms with Gasteiger partial charge in [-0.2, -0.15) is 0 Å². The zero-order valence-corrected chi connectivity index (χ0v) is 13.2. The molecule has 0 N–H and O–H groups in total. The zero-order valence-electron chi connectivity index (χ0n) is 13.2. The molecule has 1 aliphatic heterocycles. The normalized spacial score (nSPS) is 19.5. The Kier molecular flexibility index (Phi) is 4.35. The standard InChI is InChI=1S/C17H23NO3/c1-12-6-5-7-13(10-12)14-8-9-18(15(19)11-14)16(20)21-17(2,3)4/h5-7,10,14H,8-9,11H2,1-4H3/t14-/m1/s1. The van der Waals surface area contributed by atoms with Crippen molar-refractivity contribution >= 4 is 12.0 Å². The second kappa shape index (κ2) is 5.88. The van der Waals surface area contributed by atoms with Crippen LogP contribution in [0.2, 0.25) is 0 Å². The Morgan fingerprint density at radius 3 is 2.62 bits per heavy atom. The van der Waals surface area contributed by atoms with E-state index in [2.05, 4.69) is 6.07 Å². The number of hydrogen-bond acceptors (Lipinski definition) is 3. The van der Waals surface area contributed by atoms with Gasteiger partial charge in [-0.3, -0.25) is 4.79 Å². The molecule has 1 aromatic carbocycles. The van der Waals surface area contributed by atoms with E-state index in [9.17, 15) is 9.59 Å². The molecule has 21 heavy (non-hydrogen) atoms. The largest absolute Gasteiger partial charge is 0.443 e. The van der Waals surface area contributed by atoms with E-state index in [-0.39, 0.29) is 11.8 Å². The molecular formula is C17H23NO3. The van der Waals surface area contributed by atoms with Gasteiger partial charge in [0.05, 0.1) is 0 Å². The summed E-state index contributed by atoms with van der Waals surface area (Å²) in [7, 11) is 0. The minimum atomic E-state index is -0.579. The van der Waals surface area contributed by atoms with Gasteiger partial charge in [-0.1, -0.05) is 29.8 Å². The third kappa shape index (κ3) is 4.06. The van der Waals surface area contributed by atoms with Gasteiger partial charge in [0.2, 0.25) is 5.91 Å². The molecule has 1 heterocycles. The van der Waals surface area contributed by atoms with Gasteiger partial charge in [-0.25, -0.2) is 9.69 Å². The number of piperidine rings is 1. The van der Waals surface area contributed by atoms with Crippen molar-refractivity contribution in [3.63, 3.8) is 0 Å². The number of benzene rings is 1. The predicted molar refractivity (Wildman–Crippen MR) is 81.1 cm³/mol. The van der Waals surface area contributed by atoms with Crippen LogP contribution in [0.4, 0.5) is 4.79 Å². The lowest BCUT2D eigenvalue weighted by atomic mass is 9.88. The van der Waals surface area contributed by atoms with E-state index in [0.717, 1.165) is 6.42 Å². The molecule has 0 aromatic heterocycles. The number of likely N-dealkylation sites (tertiary alicyclic amines) is 1. The summed E-state index contributed by atoms with van der Waals surface area (Å²) in [6.45, 7) is 7.87. The van der Waals surface area contributed by atoms with Crippen molar-refractivity contribution in [3.05, 3.63) is 35.4 Å². The van der Waals surface area contributed by atoms with E-state index in [1.165, 1.54) is 16.0 Å². The first-order valence-corrected chi connectivity index (χ1v) is 7.36. The molecular weight excluding hydrogens is 266 g/mol. The number of amides is 2. The van der Waals surface area contributed by atoms with Gasteiger partial charge in [0.25, 0.3) is 0 Å². The molecule has 0 aliphatic carbocycles. The summed E-state index contributed by atoms with van der Waals surface area (Å²) in [6, 6.07) is 8.21. The van der Waals surface area contributed by atoms with Crippen LogP contribution in [0.25, 0.3) is 0 Å². The van der Waals surface area contributed by atoms with Crippen molar-refractivity contribution in [2.75, 3.05) is 6.54 Å². The monoisotopic (exact) mass is 289 g/mol. The zero-order chi connectivity index (χ0) is 15.6. The fraction of sp³-hybridized carbons (Fsp3) is 0.529. The SMILES string of the molecule is Cc1cccc([C@@H]2CCN(C(=O)OC(C)(C)C)C(=O)C2)c1. The average molecular weight is 289 g/mol. The second-order valence-electron chi connectivity index (χ2n) is 6.63. The molecule has 1 saturated heterocycles. The quantitative estimate of drug-likeness (QED) is 0.793. The Labute approximate surface area is 126 Å². The van der Waals surface area contributed by atoms with Crippen molar-refractivity contribution in [3.8, 4) is 0 Å². The minimum absolute atomic E-state index is 0.151. The first-order valence-electron chi connectivity index (χ1n) is 7.36. The number of nitrogens with zero attached hydrogens (tertiary/aromatic N) is 1. The average Bonchev–Trinajstić information content (AvgIpc) is 2.36. The van der Waals surface area contributed by atoms with Crippen LogP contribution in [0.15, 0.2) is 24.3 Å². The second-order valence-corrected chi connectivity index (χ2v) is 6.63. The van der Waals surface area contributed by atoms with Crippen LogP contribution in [-0.2, 0) is 9.53 Å². The highest BCUT2D eigenvalue weighted by Gasteiger charge is 2.33. The van der Waals surface area contributed by atoms with Gasteiger partial charge in [-0.15, -0.1) is 0 Å². The number of carbonyl (C=O) groups excluding carboxylic acids is 2. The Morgan fingerprint density at radius 2 is 2.05 bits per heavy atom. The highest BCUT2D eigenvalue weighted by Crippen LogP contribution is 2.29. The van der Waals surface area contributed by atoms with E-state index in [0.29, 0.717) is 13.0 Å². The van der Waals surface area contributed by atoms with Crippen LogP contribution in [0.5, 0.6) is 0 Å². The van der Waals surface area contributed by atoms with Crippen molar-refractivity contribution in [2.24, 2.45) is 0 Å². The summed E-state index contributed by atoms with van der Waals surface area (Å²) in [4.78, 5) is 25.5. The van der Waals surface area contributed by atoms with E-state index in [1.807, 2.05) is 25.1 Å². The molecule has 1 aliphatic rings. The molecule has 0 saturated carbocycles. The van der Waals surface area contributed by atoms with Crippen LogP contribution >= 0.6 is 0 Å². The van der Waals surface area contributed by atoms with Crippen LogP contribution in [0, 0.1) is 6.92 Å². The van der Waals surface area contributed by atoms with Gasteiger partial charge >= 0.3 is 6.09 Å². The lowest BCUT2D eigenvalue weighted by Crippen LogP contribution is -2.44. The first kappa shape index (κ1) is 15.5. The van der Waals surface area contributed by atoms with E-state index in [4.69, 9.17) is 4.74 Å². The summed E-state index contributed by atoms with van der Waals surface area (Å²) >= 11 is 0. The molecule has 0 bridgehead atoms. The van der Waals surface area contributed by atoms with Crippen molar-refractivity contribution in [2.45, 2.75) is 52.1 Å². The fourth-order valence-electron chi connectivity index (χ4n) is 2.55. The lowest BCUT2D eigenvalue weighted by Gasteiger charge is -2.32. The van der Waals surface area contributed by atoms with E-state index in [1.54, 1.807) is 20.8 Å². The number of imide groups is 1. The van der Waals surface area contributed by atoms with Crippen molar-refractivity contribution in [1.82, 2.24) is 4.90 Å². The van der Waals surface area contributed by atoms with Gasteiger partial charge in [0.1, 0.15) is 5.60 Å². The maximum absolute atomic E-state index is 12.2. The summed E-state index contributed by atoms with van der Waals surface area (Å²) in [6.07, 6.45) is 0.618. The Balaban J connectivity index is 2.02. The summed E-state index contributed by atoms with van der Waals surface area (Å²) in [5.41, 5.74) is 1.78. The van der Waals surface area contributed by atoms with Gasteiger partial charge in [0, 0.05) is 13.0 Å². The topological polar surface area (TPSA) is 46.6 Å². The van der Waals surface area contributed by atoms with Crippen molar-refractivity contribution in [1.29, 1.82) is 0 Å². The van der Waals surface area contributed by atoms with Gasteiger partial charge in [-0.05, 0) is 45.6 Å². The van der Waals surface area contributed by atoms with Gasteiger partial charge < -0.3 is 4.74 Å². The molecule has 4 nitrogen and oxygen atoms in total. The highest BCUT2D eigenvalue weighted by atomic mass is 16.6. The molecule has 114 valence electrons. The first-order chi connectivity index (χ1) is 9.76. The van der Waals surface area contributed by atoms with Crippen molar-refractivity contribution < 1.29 is 14.3 Å².